The van der Waals surface area contributed by atoms with Crippen molar-refractivity contribution >= 4 is 23.4 Å². The molecular weight excluding hydrogens is 402 g/mol. The van der Waals surface area contributed by atoms with Crippen molar-refractivity contribution in [3.05, 3.63) is 54.1 Å². The summed E-state index contributed by atoms with van der Waals surface area (Å²) in [6.07, 6.45) is -0.224. The van der Waals surface area contributed by atoms with E-state index in [-0.39, 0.29) is 24.2 Å². The first-order chi connectivity index (χ1) is 15.0. The van der Waals surface area contributed by atoms with Gasteiger partial charge in [-0.25, -0.2) is 0 Å². The highest BCUT2D eigenvalue weighted by Crippen LogP contribution is 2.28. The van der Waals surface area contributed by atoms with Crippen molar-refractivity contribution in [3.63, 3.8) is 0 Å². The average Bonchev–Trinajstić information content (AvgIpc) is 2.82. The summed E-state index contributed by atoms with van der Waals surface area (Å²) >= 11 is 0. The molecule has 1 atom stereocenters. The van der Waals surface area contributed by atoms with E-state index < -0.39 is 11.8 Å². The van der Waals surface area contributed by atoms with Gasteiger partial charge in [-0.3, -0.25) is 14.4 Å². The molecule has 2 N–H and O–H groups in total. The normalized spacial score (nSPS) is 15.7. The molecule has 1 fully saturated rings. The standard InChI is InChI=1S/C22H25N3O6/c1-29-16-8-9-18(30-2)17(12-16)24-22(28)21(27)23-13-20(26)25-10-11-31-19(14-25)15-6-4-3-5-7-15/h3-9,12,19H,10-11,13-14H2,1-2H3,(H,23,27)(H,24,28)/t19-/m0/s1. The molecule has 3 amide bonds. The fraction of sp³-hybridized carbons (Fsp3) is 0.318. The van der Waals surface area contributed by atoms with E-state index in [4.69, 9.17) is 14.2 Å². The van der Waals surface area contributed by atoms with Gasteiger partial charge in [0.2, 0.25) is 5.91 Å². The number of carbonyl (C=O) groups is 3. The van der Waals surface area contributed by atoms with E-state index in [1.54, 1.807) is 17.0 Å². The highest BCUT2D eigenvalue weighted by molar-refractivity contribution is 6.40. The zero-order chi connectivity index (χ0) is 22.2. The van der Waals surface area contributed by atoms with Gasteiger partial charge in [-0.1, -0.05) is 30.3 Å². The largest absolute Gasteiger partial charge is 0.497 e. The van der Waals surface area contributed by atoms with E-state index in [9.17, 15) is 14.4 Å². The maximum Gasteiger partial charge on any atom is 0.313 e. The summed E-state index contributed by atoms with van der Waals surface area (Å²) in [5.74, 6) is -1.26. The molecule has 9 heteroatoms. The molecular formula is C22H25N3O6. The highest BCUT2D eigenvalue weighted by atomic mass is 16.5. The lowest BCUT2D eigenvalue weighted by molar-refractivity contribution is -0.141. The average molecular weight is 427 g/mol. The molecule has 0 aliphatic carbocycles. The van der Waals surface area contributed by atoms with Gasteiger partial charge in [-0.05, 0) is 17.7 Å². The predicted octanol–water partition coefficient (Wildman–Crippen LogP) is 1.36. The monoisotopic (exact) mass is 427 g/mol. The van der Waals surface area contributed by atoms with Crippen LogP contribution < -0.4 is 20.1 Å². The van der Waals surface area contributed by atoms with Gasteiger partial charge >= 0.3 is 11.8 Å². The number of ether oxygens (including phenoxy) is 3. The van der Waals surface area contributed by atoms with Crippen LogP contribution in [-0.4, -0.2) is 63.1 Å². The second-order valence-corrected chi connectivity index (χ2v) is 6.81. The van der Waals surface area contributed by atoms with Gasteiger partial charge in [0.15, 0.2) is 0 Å². The van der Waals surface area contributed by atoms with Crippen molar-refractivity contribution in [2.45, 2.75) is 6.10 Å². The molecule has 3 rings (SSSR count). The number of methoxy groups -OCH3 is 2. The molecule has 1 aliphatic rings. The number of rotatable bonds is 6. The van der Waals surface area contributed by atoms with Crippen LogP contribution in [0.3, 0.4) is 0 Å². The van der Waals surface area contributed by atoms with Gasteiger partial charge in [0.1, 0.15) is 17.6 Å². The molecule has 0 radical (unpaired) electrons. The lowest BCUT2D eigenvalue weighted by Crippen LogP contribution is -2.48. The summed E-state index contributed by atoms with van der Waals surface area (Å²) < 4.78 is 16.0. The van der Waals surface area contributed by atoms with Crippen LogP contribution in [0.4, 0.5) is 5.69 Å². The molecule has 31 heavy (non-hydrogen) atoms. The van der Waals surface area contributed by atoms with Crippen molar-refractivity contribution in [1.29, 1.82) is 0 Å². The van der Waals surface area contributed by atoms with E-state index in [0.29, 0.717) is 31.2 Å². The van der Waals surface area contributed by atoms with E-state index >= 15 is 0 Å². The number of morpholine rings is 1. The van der Waals surface area contributed by atoms with Crippen LogP contribution in [0.2, 0.25) is 0 Å². The third-order valence-electron chi connectivity index (χ3n) is 4.85. The minimum absolute atomic E-state index is 0.224. The Hall–Kier alpha value is -3.59. The number of anilines is 1. The number of nitrogens with one attached hydrogen (secondary N) is 2. The Labute approximate surface area is 180 Å². The van der Waals surface area contributed by atoms with Crippen LogP contribution in [0.1, 0.15) is 11.7 Å². The number of nitrogens with zero attached hydrogens (tertiary/aromatic N) is 1. The van der Waals surface area contributed by atoms with Gasteiger partial charge in [0, 0.05) is 12.6 Å². The molecule has 1 aliphatic heterocycles. The lowest BCUT2D eigenvalue weighted by Gasteiger charge is -2.33. The minimum Gasteiger partial charge on any atom is -0.497 e. The molecule has 2 aromatic carbocycles. The summed E-state index contributed by atoms with van der Waals surface area (Å²) in [4.78, 5) is 38.6. The molecule has 0 saturated carbocycles. The second kappa shape index (κ2) is 10.4. The maximum atomic E-state index is 12.5. The van der Waals surface area contributed by atoms with Crippen molar-refractivity contribution < 1.29 is 28.6 Å². The molecule has 0 bridgehead atoms. The Morgan fingerprint density at radius 3 is 2.55 bits per heavy atom. The van der Waals surface area contributed by atoms with Crippen molar-refractivity contribution in [2.75, 3.05) is 45.8 Å². The fourth-order valence-corrected chi connectivity index (χ4v) is 3.18. The van der Waals surface area contributed by atoms with E-state index in [2.05, 4.69) is 10.6 Å². The van der Waals surface area contributed by atoms with E-state index in [1.165, 1.54) is 20.3 Å². The number of amides is 3. The summed E-state index contributed by atoms with van der Waals surface area (Å²) in [7, 11) is 2.93. The molecule has 0 unspecified atom stereocenters. The Balaban J connectivity index is 1.53. The number of hydrogen-bond acceptors (Lipinski definition) is 6. The first-order valence-corrected chi connectivity index (χ1v) is 9.77. The smallest absolute Gasteiger partial charge is 0.313 e. The summed E-state index contributed by atoms with van der Waals surface area (Å²) in [5, 5.41) is 4.83. The van der Waals surface area contributed by atoms with Crippen LogP contribution in [0.5, 0.6) is 11.5 Å². The van der Waals surface area contributed by atoms with Crippen LogP contribution in [0.25, 0.3) is 0 Å². The zero-order valence-electron chi connectivity index (χ0n) is 17.4. The molecule has 1 saturated heterocycles. The van der Waals surface area contributed by atoms with Gasteiger partial charge in [-0.15, -0.1) is 0 Å². The number of carbonyl (C=O) groups excluding carboxylic acids is 3. The first kappa shape index (κ1) is 22.1. The lowest BCUT2D eigenvalue weighted by atomic mass is 10.1. The number of hydrogen-bond donors (Lipinski definition) is 2. The third-order valence-corrected chi connectivity index (χ3v) is 4.85. The maximum absolute atomic E-state index is 12.5. The molecule has 0 spiro atoms. The molecule has 0 aromatic heterocycles. The van der Waals surface area contributed by atoms with Gasteiger partial charge < -0.3 is 29.7 Å². The quantitative estimate of drug-likeness (QED) is 0.675. The highest BCUT2D eigenvalue weighted by Gasteiger charge is 2.26. The van der Waals surface area contributed by atoms with Crippen LogP contribution >= 0.6 is 0 Å². The summed E-state index contributed by atoms with van der Waals surface area (Å²) in [6, 6.07) is 14.4. The van der Waals surface area contributed by atoms with E-state index in [0.717, 1.165) is 5.56 Å². The SMILES string of the molecule is COc1ccc(OC)c(NC(=O)C(=O)NCC(=O)N2CCO[C@H](c3ccccc3)C2)c1. The molecule has 1 heterocycles. The van der Waals surface area contributed by atoms with Gasteiger partial charge in [-0.2, -0.15) is 0 Å². The van der Waals surface area contributed by atoms with E-state index in [1.807, 2.05) is 30.3 Å². The summed E-state index contributed by atoms with van der Waals surface area (Å²) in [5.41, 5.74) is 1.27. The Kier molecular flexibility index (Phi) is 7.45. The Morgan fingerprint density at radius 2 is 1.84 bits per heavy atom. The molecule has 2 aromatic rings. The Morgan fingerprint density at radius 1 is 1.06 bits per heavy atom. The number of benzene rings is 2. The second-order valence-electron chi connectivity index (χ2n) is 6.81. The van der Waals surface area contributed by atoms with Gasteiger partial charge in [0.05, 0.1) is 39.6 Å². The molecule has 9 nitrogen and oxygen atoms in total. The summed E-state index contributed by atoms with van der Waals surface area (Å²) in [6.45, 7) is 0.912. The Bertz CT molecular complexity index is 934. The van der Waals surface area contributed by atoms with Crippen LogP contribution in [-0.2, 0) is 19.1 Å². The first-order valence-electron chi connectivity index (χ1n) is 9.77. The molecule has 164 valence electrons. The fourth-order valence-electron chi connectivity index (χ4n) is 3.18. The van der Waals surface area contributed by atoms with Crippen molar-refractivity contribution in [3.8, 4) is 11.5 Å². The zero-order valence-corrected chi connectivity index (χ0v) is 17.4. The van der Waals surface area contributed by atoms with Crippen molar-refractivity contribution in [2.24, 2.45) is 0 Å². The third kappa shape index (κ3) is 5.73. The van der Waals surface area contributed by atoms with Gasteiger partial charge in [0.25, 0.3) is 0 Å². The topological polar surface area (TPSA) is 106 Å². The van der Waals surface area contributed by atoms with Crippen LogP contribution in [0, 0.1) is 0 Å². The van der Waals surface area contributed by atoms with Crippen LogP contribution in [0.15, 0.2) is 48.5 Å². The van der Waals surface area contributed by atoms with Crippen molar-refractivity contribution in [1.82, 2.24) is 10.2 Å². The minimum atomic E-state index is -0.925. The predicted molar refractivity (Wildman–Crippen MR) is 113 cm³/mol.